The van der Waals surface area contributed by atoms with Gasteiger partial charge in [-0.3, -0.25) is 0 Å². The molecule has 0 saturated carbocycles. The Kier molecular flexibility index (Phi) is 5.94. The molecule has 0 radical (unpaired) electrons. The Bertz CT molecular complexity index is 1550. The highest BCUT2D eigenvalue weighted by Gasteiger charge is 2.41. The van der Waals surface area contributed by atoms with Crippen molar-refractivity contribution in [2.45, 2.75) is 45.8 Å². The van der Waals surface area contributed by atoms with Crippen molar-refractivity contribution >= 4 is 19.6 Å². The summed E-state index contributed by atoms with van der Waals surface area (Å²) in [5.41, 5.74) is 2.25. The van der Waals surface area contributed by atoms with Gasteiger partial charge in [-0.05, 0) is 12.0 Å². The number of oxazole rings is 5. The topological polar surface area (TPSA) is 156 Å². The highest BCUT2D eigenvalue weighted by Crippen LogP contribution is 2.36. The van der Waals surface area contributed by atoms with Crippen LogP contribution in [0.1, 0.15) is 38.2 Å². The number of esters is 1. The van der Waals surface area contributed by atoms with Gasteiger partial charge >= 0.3 is 5.97 Å². The van der Waals surface area contributed by atoms with E-state index >= 15 is 0 Å². The molecule has 0 amide bonds. The zero-order valence-corrected chi connectivity index (χ0v) is 22.2. The molecule has 0 spiro atoms. The molecule has 13 heteroatoms. The van der Waals surface area contributed by atoms with Gasteiger partial charge in [0.05, 0.1) is 6.61 Å². The molecule has 0 aliphatic rings. The van der Waals surface area contributed by atoms with Crippen LogP contribution in [-0.2, 0) is 4.74 Å². The summed E-state index contributed by atoms with van der Waals surface area (Å²) in [5.74, 6) is 0.186. The summed E-state index contributed by atoms with van der Waals surface area (Å²) >= 11 is 0. The first-order valence-electron chi connectivity index (χ1n) is 11.5. The van der Waals surface area contributed by atoms with Gasteiger partial charge in [-0.15, -0.1) is 0 Å². The van der Waals surface area contributed by atoms with Gasteiger partial charge in [0.2, 0.25) is 23.6 Å². The highest BCUT2D eigenvalue weighted by atomic mass is 28.3. The number of carbonyl (C=O) groups excluding carboxylic acids is 1. The van der Waals surface area contributed by atoms with E-state index in [1.165, 1.54) is 25.1 Å². The van der Waals surface area contributed by atoms with Gasteiger partial charge in [0.1, 0.15) is 31.3 Å². The minimum atomic E-state index is -1.94. The molecule has 0 aliphatic carbocycles. The number of rotatable bonds is 7. The molecule has 5 heterocycles. The lowest BCUT2D eigenvalue weighted by molar-refractivity contribution is 0.0519. The molecule has 5 aromatic rings. The maximum Gasteiger partial charge on any atom is 0.360 e. The second kappa shape index (κ2) is 8.99. The molecule has 0 unspecified atom stereocenters. The lowest BCUT2D eigenvalue weighted by Crippen LogP contribution is -2.50. The average Bonchev–Trinajstić information content (AvgIpc) is 3.67. The summed E-state index contributed by atoms with van der Waals surface area (Å²) in [7, 11) is -1.94. The van der Waals surface area contributed by atoms with Gasteiger partial charge in [0.15, 0.2) is 42.1 Å². The maximum absolute atomic E-state index is 11.8. The summed E-state index contributed by atoms with van der Waals surface area (Å²) in [6, 6.07) is 0. The largest absolute Gasteiger partial charge is 0.461 e. The Morgan fingerprint density at radius 3 is 1.65 bits per heavy atom. The highest BCUT2D eigenvalue weighted by molar-refractivity contribution is 6.90. The van der Waals surface area contributed by atoms with E-state index in [1.807, 2.05) is 0 Å². The van der Waals surface area contributed by atoms with Gasteiger partial charge in [-0.25, -0.2) is 29.7 Å². The van der Waals surface area contributed by atoms with Crippen LogP contribution in [0.5, 0.6) is 0 Å². The minimum Gasteiger partial charge on any atom is -0.461 e. The van der Waals surface area contributed by atoms with Crippen LogP contribution in [-0.4, -0.2) is 45.6 Å². The summed E-state index contributed by atoms with van der Waals surface area (Å²) < 4.78 is 32.7. The van der Waals surface area contributed by atoms with Crippen molar-refractivity contribution < 1.29 is 31.6 Å². The second-order valence-electron chi connectivity index (χ2n) is 9.78. The van der Waals surface area contributed by atoms with E-state index in [4.69, 9.17) is 26.8 Å². The van der Waals surface area contributed by atoms with Crippen LogP contribution in [0.2, 0.25) is 18.1 Å². The molecular weight excluding hydrogens is 498 g/mol. The molecule has 192 valence electrons. The van der Waals surface area contributed by atoms with E-state index in [0.717, 1.165) is 5.51 Å². The van der Waals surface area contributed by atoms with Crippen molar-refractivity contribution in [2.24, 2.45) is 0 Å². The van der Waals surface area contributed by atoms with Crippen molar-refractivity contribution in [3.05, 3.63) is 37.0 Å². The van der Waals surface area contributed by atoms with E-state index in [0.29, 0.717) is 23.0 Å². The van der Waals surface area contributed by atoms with Crippen molar-refractivity contribution in [3.63, 3.8) is 0 Å². The van der Waals surface area contributed by atoms with Crippen LogP contribution >= 0.6 is 0 Å². The molecule has 0 atom stereocenters. The standard InChI is InChI=1S/C24H25N5O7Si/c1-7-31-22(30)17-12-35-20(28-17)15-10-33-18(26-15)13-8-32-19(25-13)14-9-34-21(27-14)16-11-36-23(29-16)37(5,6)24(2,3)4/h8-12H,7H2,1-6H3. The lowest BCUT2D eigenvalue weighted by atomic mass is 10.2. The van der Waals surface area contributed by atoms with Gasteiger partial charge in [0.25, 0.3) is 0 Å². The third-order valence-corrected chi connectivity index (χ3v) is 11.3. The van der Waals surface area contributed by atoms with E-state index in [2.05, 4.69) is 58.8 Å². The number of hydrogen-bond donors (Lipinski definition) is 0. The van der Waals surface area contributed by atoms with E-state index in [1.54, 1.807) is 13.2 Å². The Hall–Kier alpha value is -4.26. The Balaban J connectivity index is 1.33. The second-order valence-corrected chi connectivity index (χ2v) is 15.0. The monoisotopic (exact) mass is 523 g/mol. The van der Waals surface area contributed by atoms with Gasteiger partial charge < -0.3 is 26.8 Å². The number of carbonyl (C=O) groups is 1. The van der Waals surface area contributed by atoms with Crippen LogP contribution in [0.15, 0.2) is 53.4 Å². The molecule has 0 fully saturated rings. The molecule has 0 aromatic carbocycles. The first kappa shape index (κ1) is 24.4. The molecular formula is C24H25N5O7Si. The fourth-order valence-electron chi connectivity index (χ4n) is 3.14. The predicted octanol–water partition coefficient (Wildman–Crippen LogP) is 5.19. The Labute approximate surface area is 212 Å². The van der Waals surface area contributed by atoms with E-state index in [9.17, 15) is 4.79 Å². The Morgan fingerprint density at radius 1 is 0.730 bits per heavy atom. The van der Waals surface area contributed by atoms with Crippen molar-refractivity contribution in [3.8, 4) is 46.3 Å². The molecule has 5 rings (SSSR count). The van der Waals surface area contributed by atoms with Crippen LogP contribution in [0.3, 0.4) is 0 Å². The molecule has 0 saturated heterocycles. The summed E-state index contributed by atoms with van der Waals surface area (Å²) in [5, 5.41) is 0.0707. The molecule has 0 N–H and O–H groups in total. The summed E-state index contributed by atoms with van der Waals surface area (Å²) in [4.78, 5) is 33.7. The normalized spacial score (nSPS) is 12.3. The fourth-order valence-corrected chi connectivity index (χ4v) is 4.53. The van der Waals surface area contributed by atoms with E-state index < -0.39 is 14.0 Å². The van der Waals surface area contributed by atoms with Crippen LogP contribution < -0.4 is 5.51 Å². The third kappa shape index (κ3) is 4.53. The molecule has 0 aliphatic heterocycles. The Morgan fingerprint density at radius 2 is 1.16 bits per heavy atom. The molecule has 12 nitrogen and oxygen atoms in total. The van der Waals surface area contributed by atoms with Crippen LogP contribution in [0.25, 0.3) is 46.3 Å². The zero-order valence-electron chi connectivity index (χ0n) is 21.2. The summed E-state index contributed by atoms with van der Waals surface area (Å²) in [6.07, 6.45) is 6.89. The number of hydrogen-bond acceptors (Lipinski definition) is 12. The molecule has 37 heavy (non-hydrogen) atoms. The van der Waals surface area contributed by atoms with Crippen molar-refractivity contribution in [2.75, 3.05) is 6.61 Å². The first-order valence-corrected chi connectivity index (χ1v) is 14.5. The predicted molar refractivity (Wildman–Crippen MR) is 131 cm³/mol. The molecule has 5 aromatic heterocycles. The quantitative estimate of drug-likeness (QED) is 0.203. The van der Waals surface area contributed by atoms with Gasteiger partial charge in [-0.2, -0.15) is 0 Å². The smallest absolute Gasteiger partial charge is 0.360 e. The number of aromatic nitrogens is 5. The first-order chi connectivity index (χ1) is 17.6. The SMILES string of the molecule is CCOC(=O)c1coc(-c2coc(-c3coc(-c4coc(-c5coc([Si](C)(C)C(C)(C)C)n5)n4)n3)n2)n1. The maximum atomic E-state index is 11.8. The fraction of sp³-hybridized carbons (Fsp3) is 0.333. The third-order valence-electron chi connectivity index (χ3n) is 6.29. The van der Waals surface area contributed by atoms with Gasteiger partial charge in [-0.1, -0.05) is 33.9 Å². The van der Waals surface area contributed by atoms with Crippen LogP contribution in [0, 0.1) is 0 Å². The number of ether oxygens (including phenoxy) is 1. The average molecular weight is 524 g/mol. The number of nitrogens with zero attached hydrogens (tertiary/aromatic N) is 5. The van der Waals surface area contributed by atoms with Crippen molar-refractivity contribution in [1.82, 2.24) is 24.9 Å². The minimum absolute atomic E-state index is 0.0375. The lowest BCUT2D eigenvalue weighted by Gasteiger charge is -2.33. The van der Waals surface area contributed by atoms with E-state index in [-0.39, 0.29) is 40.7 Å². The zero-order chi connectivity index (χ0) is 26.4. The molecule has 0 bridgehead atoms. The van der Waals surface area contributed by atoms with Gasteiger partial charge in [0, 0.05) is 0 Å². The van der Waals surface area contributed by atoms with Crippen molar-refractivity contribution in [1.29, 1.82) is 0 Å². The van der Waals surface area contributed by atoms with Crippen LogP contribution in [0.4, 0.5) is 0 Å². The summed E-state index contributed by atoms with van der Waals surface area (Å²) in [6.45, 7) is 12.9.